The molecular weight excluding hydrogens is 406 g/mol. The number of hydrogen-bond acceptors (Lipinski definition) is 5. The molecule has 9 heteroatoms. The average Bonchev–Trinajstić information content (AvgIpc) is 2.72. The number of carbonyl (C=O) groups is 2. The molecule has 0 bridgehead atoms. The maximum Gasteiger partial charge on any atom is 0.262 e. The van der Waals surface area contributed by atoms with E-state index in [9.17, 15) is 18.0 Å². The van der Waals surface area contributed by atoms with E-state index in [1.807, 2.05) is 18.7 Å². The van der Waals surface area contributed by atoms with Crippen molar-refractivity contribution < 1.29 is 22.7 Å². The Hall–Kier alpha value is -2.13. The number of fused-ring (bicyclic) bond motifs is 1. The highest BCUT2D eigenvalue weighted by molar-refractivity contribution is 7.89. The largest absolute Gasteiger partial charge is 0.482 e. The first-order valence-electron chi connectivity index (χ1n) is 10.6. The fraction of sp³-hybridized carbons (Fsp3) is 0.619. The maximum atomic E-state index is 13.4. The molecule has 2 heterocycles. The Kier molecular flexibility index (Phi) is 7.02. The van der Waals surface area contributed by atoms with Crippen LogP contribution in [0.25, 0.3) is 0 Å². The van der Waals surface area contributed by atoms with Crippen LogP contribution in [-0.4, -0.2) is 62.2 Å². The van der Waals surface area contributed by atoms with Crippen molar-refractivity contribution in [2.75, 3.05) is 38.1 Å². The Morgan fingerprint density at radius 1 is 1.27 bits per heavy atom. The van der Waals surface area contributed by atoms with Crippen molar-refractivity contribution >= 4 is 27.5 Å². The van der Waals surface area contributed by atoms with Gasteiger partial charge in [0.05, 0.1) is 16.5 Å². The van der Waals surface area contributed by atoms with Crippen LogP contribution in [0.3, 0.4) is 0 Å². The van der Waals surface area contributed by atoms with E-state index >= 15 is 0 Å². The van der Waals surface area contributed by atoms with Gasteiger partial charge in [-0.15, -0.1) is 0 Å². The highest BCUT2D eigenvalue weighted by atomic mass is 32.2. The first kappa shape index (κ1) is 22.6. The number of benzene rings is 1. The first-order chi connectivity index (χ1) is 14.3. The zero-order chi connectivity index (χ0) is 21.9. The molecule has 0 aliphatic carbocycles. The van der Waals surface area contributed by atoms with Crippen molar-refractivity contribution in [3.63, 3.8) is 0 Å². The molecule has 1 fully saturated rings. The van der Waals surface area contributed by atoms with Gasteiger partial charge in [0, 0.05) is 32.2 Å². The third-order valence-electron chi connectivity index (χ3n) is 5.56. The van der Waals surface area contributed by atoms with Crippen LogP contribution in [-0.2, 0) is 19.6 Å². The molecule has 166 valence electrons. The van der Waals surface area contributed by atoms with E-state index in [0.717, 1.165) is 12.8 Å². The maximum absolute atomic E-state index is 13.4. The van der Waals surface area contributed by atoms with E-state index in [4.69, 9.17) is 4.74 Å². The molecule has 0 spiro atoms. The topological polar surface area (TPSA) is 96.0 Å². The van der Waals surface area contributed by atoms with Crippen LogP contribution in [0.15, 0.2) is 17.0 Å². The second kappa shape index (κ2) is 9.34. The molecule has 0 saturated carbocycles. The fourth-order valence-corrected chi connectivity index (χ4v) is 5.87. The van der Waals surface area contributed by atoms with E-state index in [2.05, 4.69) is 5.32 Å². The van der Waals surface area contributed by atoms with E-state index in [1.54, 1.807) is 13.0 Å². The Balaban J connectivity index is 1.83. The van der Waals surface area contributed by atoms with Gasteiger partial charge < -0.3 is 15.0 Å². The lowest BCUT2D eigenvalue weighted by atomic mass is 9.98. The molecule has 1 saturated heterocycles. The monoisotopic (exact) mass is 437 g/mol. The normalized spacial score (nSPS) is 19.6. The van der Waals surface area contributed by atoms with E-state index in [-0.39, 0.29) is 35.8 Å². The highest BCUT2D eigenvalue weighted by Crippen LogP contribution is 2.35. The number of sulfonamides is 1. The lowest BCUT2D eigenvalue weighted by molar-refractivity contribution is -0.136. The summed E-state index contributed by atoms with van der Waals surface area (Å²) in [4.78, 5) is 26.6. The van der Waals surface area contributed by atoms with E-state index in [0.29, 0.717) is 49.5 Å². The van der Waals surface area contributed by atoms with Crippen LogP contribution in [0.1, 0.15) is 45.1 Å². The van der Waals surface area contributed by atoms with Gasteiger partial charge in [-0.05, 0) is 44.2 Å². The van der Waals surface area contributed by atoms with Crippen molar-refractivity contribution in [2.45, 2.75) is 51.3 Å². The van der Waals surface area contributed by atoms with Gasteiger partial charge in [0.25, 0.3) is 5.91 Å². The third kappa shape index (κ3) is 4.62. The number of nitrogens with zero attached hydrogens (tertiary/aromatic N) is 2. The van der Waals surface area contributed by atoms with Gasteiger partial charge in [0.15, 0.2) is 6.61 Å². The lowest BCUT2D eigenvalue weighted by Crippen LogP contribution is -2.47. The SMILES string of the molecule is CCCN(CCC)C(=O)[C@H]1CCCN(S(=O)(=O)c2cc3c(cc2C)NC(=O)CO3)C1. The number of ether oxygens (including phenoxy) is 1. The predicted molar refractivity (Wildman–Crippen MR) is 114 cm³/mol. The first-order valence-corrected chi connectivity index (χ1v) is 12.1. The lowest BCUT2D eigenvalue weighted by Gasteiger charge is -2.34. The summed E-state index contributed by atoms with van der Waals surface area (Å²) >= 11 is 0. The molecule has 0 radical (unpaired) electrons. The number of nitrogens with one attached hydrogen (secondary N) is 1. The summed E-state index contributed by atoms with van der Waals surface area (Å²) in [6, 6.07) is 3.10. The molecule has 0 unspecified atom stereocenters. The Labute approximate surface area is 178 Å². The minimum Gasteiger partial charge on any atom is -0.482 e. The minimum atomic E-state index is -3.79. The Bertz CT molecular complexity index is 909. The summed E-state index contributed by atoms with van der Waals surface area (Å²) in [6.07, 6.45) is 3.11. The van der Waals surface area contributed by atoms with Crippen LogP contribution in [0, 0.1) is 12.8 Å². The van der Waals surface area contributed by atoms with Crippen LogP contribution in [0.2, 0.25) is 0 Å². The van der Waals surface area contributed by atoms with Crippen LogP contribution < -0.4 is 10.1 Å². The molecule has 3 rings (SSSR count). The second-order valence-electron chi connectivity index (χ2n) is 7.98. The molecule has 2 aliphatic heterocycles. The van der Waals surface area contributed by atoms with Gasteiger partial charge in [-0.2, -0.15) is 4.31 Å². The van der Waals surface area contributed by atoms with Crippen molar-refractivity contribution in [3.05, 3.63) is 17.7 Å². The zero-order valence-corrected chi connectivity index (χ0v) is 18.8. The van der Waals surface area contributed by atoms with Gasteiger partial charge in [-0.1, -0.05) is 13.8 Å². The summed E-state index contributed by atoms with van der Waals surface area (Å²) in [6.45, 7) is 7.62. The molecule has 0 aromatic heterocycles. The third-order valence-corrected chi connectivity index (χ3v) is 7.57. The van der Waals surface area contributed by atoms with Gasteiger partial charge in [-0.25, -0.2) is 8.42 Å². The molecule has 1 N–H and O–H groups in total. The molecule has 8 nitrogen and oxygen atoms in total. The van der Waals surface area contributed by atoms with Gasteiger partial charge in [0.2, 0.25) is 15.9 Å². The number of amides is 2. The van der Waals surface area contributed by atoms with Crippen molar-refractivity contribution in [1.29, 1.82) is 0 Å². The number of aryl methyl sites for hydroxylation is 1. The summed E-state index contributed by atoms with van der Waals surface area (Å²) in [7, 11) is -3.79. The summed E-state index contributed by atoms with van der Waals surface area (Å²) in [5.74, 6) is -0.189. The molecule has 30 heavy (non-hydrogen) atoms. The Morgan fingerprint density at radius 3 is 2.63 bits per heavy atom. The quantitative estimate of drug-likeness (QED) is 0.707. The number of rotatable bonds is 7. The second-order valence-corrected chi connectivity index (χ2v) is 9.88. The average molecular weight is 438 g/mol. The molecule has 1 aromatic carbocycles. The Morgan fingerprint density at radius 2 is 1.97 bits per heavy atom. The standard InChI is InChI=1S/C21H31N3O5S/c1-4-8-23(9-5-2)21(26)16-7-6-10-24(13-16)30(27,28)19-12-18-17(11-15(19)3)22-20(25)14-29-18/h11-12,16H,4-10,13-14H2,1-3H3,(H,22,25)/t16-/m0/s1. The summed E-state index contributed by atoms with van der Waals surface area (Å²) < 4.78 is 33.6. The van der Waals surface area contributed by atoms with Crippen molar-refractivity contribution in [1.82, 2.24) is 9.21 Å². The number of anilines is 1. The van der Waals surface area contributed by atoms with Gasteiger partial charge in [-0.3, -0.25) is 9.59 Å². The highest BCUT2D eigenvalue weighted by Gasteiger charge is 2.36. The summed E-state index contributed by atoms with van der Waals surface area (Å²) in [5, 5.41) is 2.69. The van der Waals surface area contributed by atoms with Gasteiger partial charge >= 0.3 is 0 Å². The molecule has 1 aromatic rings. The predicted octanol–water partition coefficient (Wildman–Crippen LogP) is 2.38. The minimum absolute atomic E-state index is 0.0480. The zero-order valence-electron chi connectivity index (χ0n) is 17.9. The van der Waals surface area contributed by atoms with Crippen molar-refractivity contribution in [2.24, 2.45) is 5.92 Å². The molecule has 2 amide bonds. The smallest absolute Gasteiger partial charge is 0.262 e. The summed E-state index contributed by atoms with van der Waals surface area (Å²) in [5.41, 5.74) is 1.01. The molecule has 2 aliphatic rings. The van der Waals surface area contributed by atoms with Gasteiger partial charge in [0.1, 0.15) is 5.75 Å². The van der Waals surface area contributed by atoms with Crippen LogP contribution in [0.5, 0.6) is 5.75 Å². The number of piperidine rings is 1. The van der Waals surface area contributed by atoms with Crippen molar-refractivity contribution in [3.8, 4) is 5.75 Å². The van der Waals surface area contributed by atoms with Crippen LogP contribution >= 0.6 is 0 Å². The van der Waals surface area contributed by atoms with Crippen LogP contribution in [0.4, 0.5) is 5.69 Å². The molecular formula is C21H31N3O5S. The molecule has 1 atom stereocenters. The van der Waals surface area contributed by atoms with E-state index in [1.165, 1.54) is 10.4 Å². The van der Waals surface area contributed by atoms with E-state index < -0.39 is 10.0 Å². The number of hydrogen-bond donors (Lipinski definition) is 1. The number of carbonyl (C=O) groups excluding carboxylic acids is 2. The fourth-order valence-electron chi connectivity index (χ4n) is 4.13.